The molecule has 0 N–H and O–H groups in total. The van der Waals surface area contributed by atoms with E-state index in [0.29, 0.717) is 0 Å². The molecule has 143 heavy (non-hydrogen) atoms. The summed E-state index contributed by atoms with van der Waals surface area (Å²) in [7, 11) is 0. The lowest BCUT2D eigenvalue weighted by molar-refractivity contribution is 0.660. The van der Waals surface area contributed by atoms with Crippen LogP contribution in [0.15, 0.2) is 485 Å². The van der Waals surface area contributed by atoms with E-state index in [4.69, 9.17) is 85.9 Å². The second-order valence-corrected chi connectivity index (χ2v) is 32.7. The van der Waals surface area contributed by atoms with Crippen LogP contribution >= 0.6 is 0 Å². The zero-order valence-electron chi connectivity index (χ0n) is 159. The highest BCUT2D eigenvalue weighted by Gasteiger charge is 2.40. The van der Waals surface area contributed by atoms with Gasteiger partial charge >= 0.3 is 0 Å². The first kappa shape index (κ1) is 33.4. The van der Waals surface area contributed by atoms with Crippen LogP contribution in [0.3, 0.4) is 0 Å². The molecule has 3 nitrogen and oxygen atoms in total. The van der Waals surface area contributed by atoms with Crippen molar-refractivity contribution in [3.8, 4) is 100 Å². The molecule has 1 atom stereocenters. The average Bonchev–Trinajstić information content (AvgIpc) is 1.48. The summed E-state index contributed by atoms with van der Waals surface area (Å²) in [5.41, 5.74) is -27.7. The Balaban J connectivity index is 0.000000145. The topological polar surface area (TPSA) is 39.4 Å². The van der Waals surface area contributed by atoms with E-state index in [2.05, 4.69) is 0 Å². The van der Waals surface area contributed by atoms with E-state index in [1.165, 1.54) is 0 Å². The van der Waals surface area contributed by atoms with Gasteiger partial charge in [-0.25, -0.2) is 0 Å². The van der Waals surface area contributed by atoms with Crippen molar-refractivity contribution in [1.82, 2.24) is 0 Å². The summed E-state index contributed by atoms with van der Waals surface area (Å²) in [6.45, 7) is -10.2. The molecule has 1 unspecified atom stereocenters. The molecule has 668 valence electrons. The Hall–Kier alpha value is -18.0. The lowest BCUT2D eigenvalue weighted by atomic mass is 9.77. The smallest absolute Gasteiger partial charge is 0.136 e. The summed E-state index contributed by atoms with van der Waals surface area (Å²) in [4.78, 5) is 0. The van der Waals surface area contributed by atoms with Gasteiger partial charge in [0.05, 0.1) is 107 Å². The molecule has 0 fully saturated rings. The zero-order valence-corrected chi connectivity index (χ0v) is 71.7. The minimum atomic E-state index is -4.00. The predicted molar refractivity (Wildman–Crippen MR) is 607 cm³/mol. The van der Waals surface area contributed by atoms with Crippen molar-refractivity contribution in [2.45, 2.75) is 38.3 Å². The number of furan rings is 3. The third-order valence-electron chi connectivity index (χ3n) is 25.0. The van der Waals surface area contributed by atoms with Crippen LogP contribution in [0.1, 0.15) is 169 Å². The SMILES string of the molecule is [2H]c1c([2H])c([2H])c(-c2c([2H])c([2H])c3c(c2[2H])c([2H])c([2H])c2c([2H])c(-c4c5c([2H])c([2H])c([2H])c([2H])c5c(-c5c([2H])c([2H])c6oc7c([2H])c([2H])c8c([2H])c([2H])c([2H])c([2H])c8c7c6c5[2H])c5c([2H])c([2H])c([2H])c([2H])c45)c([2H])c([2H])c23)c([2H])c1[2H].[2H]c1c([2H])c([2H])c2c(c1[2H])-c1c([2H])c([2H])c(-c3c4c([2H])c([2H])c([2H])c([2H])c4c(-c4c([2H])c([2H])c5oc6c([2H])c([2H])c7c([2H])c([2H])c([2H])c([2H])c7c6c5c4[2H])c4c([2H])c([2H])c([2H])c([2H])c34)c([2H])c1C2(C)C([2H])([2H])[2H].[2H]c1c([2H])c([2H])c2c(c1[2H])-c1c([2H])c([2H])c([2H])c(-c3c4c([2H])c([2H])c([2H])c([2H])c4c(-c4c([2H])c([2H])c5oc6c([2H])c([2H])c7c([2H])c([2H])c([2H])c([2H])c7c6c5c4[2H])c4c([2H])c([2H])c([2H])c([2H])c34)c1C2(C([2H])([2H])[2H])C([2H])([2H])[2H]. The lowest BCUT2D eigenvalue weighted by Crippen LogP contribution is -2.16. The van der Waals surface area contributed by atoms with Crippen LogP contribution in [-0.2, 0) is 10.8 Å². The average molecular weight is 1910 g/mol. The molecule has 0 amide bonds. The predicted octanol–water partition coefficient (Wildman–Crippen LogP) is 39.7. The van der Waals surface area contributed by atoms with E-state index in [1.807, 2.05) is 0 Å². The molecule has 0 bridgehead atoms. The summed E-state index contributed by atoms with van der Waals surface area (Å²) >= 11 is 0. The molecule has 29 aromatic rings. The van der Waals surface area contributed by atoms with Crippen LogP contribution in [0.5, 0.6) is 0 Å². The van der Waals surface area contributed by atoms with Crippen LogP contribution < -0.4 is 0 Å². The minimum absolute atomic E-state index is 0.398. The molecule has 3 heterocycles. The molecule has 31 rings (SSSR count). The van der Waals surface area contributed by atoms with Gasteiger partial charge in [0.25, 0.3) is 0 Å². The van der Waals surface area contributed by atoms with Gasteiger partial charge < -0.3 is 13.3 Å². The van der Waals surface area contributed by atoms with Crippen molar-refractivity contribution >= 4 is 184 Å². The number of hydrogen-bond acceptors (Lipinski definition) is 3. The molecular formula is C140H90O3. The largest absolute Gasteiger partial charge is 0.456 e. The molecular weight excluding hydrogens is 1730 g/mol. The van der Waals surface area contributed by atoms with Gasteiger partial charge in [-0.1, -0.05) is 426 Å². The van der Waals surface area contributed by atoms with E-state index in [-0.39, 0.29) is 0 Å². The standard InChI is InChI=1S/C50H30O.2C45H30O/c1-2-10-31(11-3-1)33-20-24-38-34(28-33)18-19-35-29-36(21-25-39(35)38)48-41-14-6-8-16-43(41)49(44-17-9-7-15-42(44)48)37-23-26-46-45(30-37)50-40-13-5-4-12-32(40)22-27-47(50)51-46;1-45(2)38-21-10-9-14-30(38)35-19-11-20-36(44(35)45)42-33-17-7-5-15-31(33)41(32-16-6-8-18-34(32)42)28-23-24-39-37(26-28)43-29-13-4-3-12-27(29)22-25-40(43)46-39;1-45(2)38-18-10-9-13-31(38)32-22-19-29(26-39(32)45)43-35-16-7-5-14-33(35)42(34-15-6-8-17-36(34)43)28-21-23-40-37(25-28)44-30-12-4-3-11-27(30)20-24-41(44)46-40/h1-30H;2*3-26H,1-2H3/i1D,2D,3D,4D,5D,6D,7D,8D,9D,10D,11D,12D,13D,14D,15D,16D,17D,18D,19D,20D,21D,22D,23D,24D,25D,26D,27D,28D,29D,30D;1D3,2D3,3D,4D,5D,6D,7D,8D,9D,10D,11D,12D,13D,14D,15D,16D,17D,18D,19D,20D,21D,22D,23D,24D,25D,26D;1D3,3D,4D,5D,6D,7D,8D,9D,10D,11D,12D,13D,14D,15D,16D,17D,18D,19D,20D,21D,22D,23D,24D,25D,26D. The van der Waals surface area contributed by atoms with Crippen LogP contribution in [0.4, 0.5) is 0 Å². The van der Waals surface area contributed by atoms with Crippen molar-refractivity contribution in [3.05, 3.63) is 494 Å². The maximum absolute atomic E-state index is 9.95. The lowest BCUT2D eigenvalue weighted by Gasteiger charge is -2.26. The van der Waals surface area contributed by atoms with Gasteiger partial charge in [0.2, 0.25) is 0 Å². The van der Waals surface area contributed by atoms with Crippen molar-refractivity contribution in [2.24, 2.45) is 0 Å². The number of fused-ring (bicyclic) bond motifs is 30. The Labute approximate surface area is 947 Å². The zero-order chi connectivity index (χ0) is 170. The second-order valence-electron chi connectivity index (χ2n) is 32.7. The molecule has 3 aromatic heterocycles. The summed E-state index contributed by atoms with van der Waals surface area (Å²) in [6, 6.07) is -74.0. The number of rotatable bonds is 7. The number of hydrogen-bond donors (Lipinski definition) is 0. The second kappa shape index (κ2) is 31.8. The molecule has 2 aliphatic carbocycles. The molecule has 0 spiro atoms. The van der Waals surface area contributed by atoms with E-state index >= 15 is 0 Å². The first-order chi connectivity index (χ1) is 107. The van der Waals surface area contributed by atoms with Crippen LogP contribution in [0.25, 0.3) is 284 Å². The Bertz CT molecular complexity index is 15800. The monoisotopic (exact) mass is 1910 g/mol. The fraction of sp³-hybridized carbons (Fsp3) is 0.0429. The van der Waals surface area contributed by atoms with Crippen molar-refractivity contribution < 1.29 is 133 Å². The molecule has 0 saturated carbocycles. The van der Waals surface area contributed by atoms with Crippen LogP contribution in [-0.4, -0.2) is 0 Å². The summed E-state index contributed by atoms with van der Waals surface area (Å²) in [5, 5.41) is -18.1. The fourth-order valence-electron chi connectivity index (χ4n) is 18.9. The molecule has 0 radical (unpaired) electrons. The molecule has 0 saturated heterocycles. The van der Waals surface area contributed by atoms with E-state index in [1.54, 1.807) is 0 Å². The van der Waals surface area contributed by atoms with E-state index < -0.39 is 809 Å². The Kier molecular flexibility index (Phi) is 7.41. The quantitative estimate of drug-likeness (QED) is 0.118. The highest BCUT2D eigenvalue weighted by molar-refractivity contribution is 6.29. The van der Waals surface area contributed by atoms with E-state index in [0.717, 1.165) is 6.92 Å². The maximum atomic E-state index is 9.95. The molecule has 26 aromatic carbocycles. The first-order valence-electron chi connectivity index (χ1n) is 86.2. The van der Waals surface area contributed by atoms with Crippen molar-refractivity contribution in [1.29, 1.82) is 0 Å². The van der Waals surface area contributed by atoms with Gasteiger partial charge in [-0.3, -0.25) is 0 Å². The molecule has 3 heteroatoms. The molecule has 0 aliphatic heterocycles. The van der Waals surface area contributed by atoms with Gasteiger partial charge in [-0.15, -0.1) is 0 Å². The summed E-state index contributed by atoms with van der Waals surface area (Å²) in [5.74, 6) is 0. The Morgan fingerprint density at radius 2 is 0.448 bits per heavy atom. The van der Waals surface area contributed by atoms with Crippen molar-refractivity contribution in [3.63, 3.8) is 0 Å². The molecule has 2 aliphatic rings. The van der Waals surface area contributed by atoms with Gasteiger partial charge in [0, 0.05) is 55.5 Å². The van der Waals surface area contributed by atoms with Crippen molar-refractivity contribution in [2.75, 3.05) is 0 Å². The highest BCUT2D eigenvalue weighted by atomic mass is 16.3. The fourth-order valence-corrected chi connectivity index (χ4v) is 18.9. The summed E-state index contributed by atoms with van der Waals surface area (Å²) in [6.07, 6.45) is 0. The first-order valence-corrected chi connectivity index (χ1v) is 42.7. The highest BCUT2D eigenvalue weighted by Crippen LogP contribution is 2.58. The van der Waals surface area contributed by atoms with Gasteiger partial charge in [-0.05, 0) is 313 Å². The summed E-state index contributed by atoms with van der Waals surface area (Å²) < 4.78 is 807. The minimum Gasteiger partial charge on any atom is -0.456 e. The Morgan fingerprint density at radius 1 is 0.168 bits per heavy atom. The van der Waals surface area contributed by atoms with Crippen LogP contribution in [0.2, 0.25) is 0 Å². The number of benzene rings is 26. The normalized spacial score (nSPS) is 22.5. The third-order valence-corrected chi connectivity index (χ3v) is 25.0. The van der Waals surface area contributed by atoms with E-state index in [9.17, 15) is 46.6 Å². The van der Waals surface area contributed by atoms with Gasteiger partial charge in [-0.2, -0.15) is 0 Å². The van der Waals surface area contributed by atoms with Gasteiger partial charge in [0.15, 0.2) is 0 Å². The van der Waals surface area contributed by atoms with Crippen LogP contribution in [0, 0.1) is 0 Å². The maximum Gasteiger partial charge on any atom is 0.136 e. The Morgan fingerprint density at radius 3 is 0.853 bits per heavy atom. The van der Waals surface area contributed by atoms with Gasteiger partial charge in [0.1, 0.15) is 33.5 Å². The third kappa shape index (κ3) is 12.6.